The summed E-state index contributed by atoms with van der Waals surface area (Å²) < 4.78 is 13.6. The number of nitrogens with one attached hydrogen (secondary N) is 2. The van der Waals surface area contributed by atoms with E-state index in [-0.39, 0.29) is 11.7 Å². The summed E-state index contributed by atoms with van der Waals surface area (Å²) in [6.07, 6.45) is 0. The van der Waals surface area contributed by atoms with E-state index in [0.29, 0.717) is 5.56 Å². The highest BCUT2D eigenvalue weighted by Gasteiger charge is 2.21. The Morgan fingerprint density at radius 1 is 0.960 bits per heavy atom. The normalized spacial score (nSPS) is 12.8. The van der Waals surface area contributed by atoms with Crippen LogP contribution < -0.4 is 10.6 Å². The Morgan fingerprint density at radius 3 is 2.20 bits per heavy atom. The summed E-state index contributed by atoms with van der Waals surface area (Å²) >= 11 is 0. The summed E-state index contributed by atoms with van der Waals surface area (Å²) in [6.45, 7) is 1.61. The second-order valence-electron chi connectivity index (χ2n) is 5.97. The first-order valence-corrected chi connectivity index (χ1v) is 7.97. The second kappa shape index (κ2) is 8.28. The molecule has 0 bridgehead atoms. The van der Waals surface area contributed by atoms with E-state index in [9.17, 15) is 14.0 Å². The van der Waals surface area contributed by atoms with Crippen LogP contribution in [0.1, 0.15) is 24.1 Å². The summed E-state index contributed by atoms with van der Waals surface area (Å²) in [4.78, 5) is 25.6. The average Bonchev–Trinajstić information content (AvgIpc) is 2.59. The number of likely N-dealkylation sites (N-methyl/N-ethyl adjacent to an activating group) is 1. The van der Waals surface area contributed by atoms with Crippen LogP contribution in [0.3, 0.4) is 0 Å². The highest BCUT2D eigenvalue weighted by molar-refractivity contribution is 5.86. The van der Waals surface area contributed by atoms with Crippen molar-refractivity contribution in [2.45, 2.75) is 19.0 Å². The van der Waals surface area contributed by atoms with E-state index < -0.39 is 18.1 Å². The Kier molecular flexibility index (Phi) is 6.11. The molecule has 2 N–H and O–H groups in total. The van der Waals surface area contributed by atoms with Gasteiger partial charge in [-0.2, -0.15) is 0 Å². The zero-order valence-electron chi connectivity index (χ0n) is 14.5. The van der Waals surface area contributed by atoms with Gasteiger partial charge in [-0.1, -0.05) is 42.5 Å². The molecule has 0 saturated carbocycles. The summed E-state index contributed by atoms with van der Waals surface area (Å²) in [6, 6.07) is 13.6. The van der Waals surface area contributed by atoms with Crippen molar-refractivity contribution in [3.63, 3.8) is 0 Å². The monoisotopic (exact) mass is 343 g/mol. The van der Waals surface area contributed by atoms with Gasteiger partial charge in [0.05, 0.1) is 6.04 Å². The maximum Gasteiger partial charge on any atom is 0.316 e. The van der Waals surface area contributed by atoms with Crippen molar-refractivity contribution in [3.8, 4) is 0 Å². The number of benzene rings is 2. The number of carbonyl (C=O) groups is 2. The molecule has 6 heteroatoms. The van der Waals surface area contributed by atoms with Crippen molar-refractivity contribution in [3.05, 3.63) is 71.5 Å². The Morgan fingerprint density at radius 2 is 1.60 bits per heavy atom. The zero-order valence-corrected chi connectivity index (χ0v) is 14.5. The van der Waals surface area contributed by atoms with Crippen LogP contribution in [0, 0.1) is 5.82 Å². The molecule has 0 aliphatic rings. The maximum absolute atomic E-state index is 13.6. The molecule has 2 aromatic carbocycles. The lowest BCUT2D eigenvalue weighted by atomic mass is 9.99. The summed E-state index contributed by atoms with van der Waals surface area (Å²) in [5, 5.41) is 5.42. The number of halogens is 1. The Balaban J connectivity index is 2.20. The third kappa shape index (κ3) is 5.04. The molecule has 2 rings (SSSR count). The third-order valence-corrected chi connectivity index (χ3v) is 3.75. The molecule has 0 saturated heterocycles. The molecule has 132 valence electrons. The van der Waals surface area contributed by atoms with Gasteiger partial charge >= 0.3 is 6.03 Å². The number of hydrogen-bond acceptors (Lipinski definition) is 2. The first-order chi connectivity index (χ1) is 11.9. The van der Waals surface area contributed by atoms with Gasteiger partial charge in [0.2, 0.25) is 5.91 Å². The number of nitrogens with zero attached hydrogens (tertiary/aromatic N) is 1. The van der Waals surface area contributed by atoms with Crippen LogP contribution in [0.2, 0.25) is 0 Å². The van der Waals surface area contributed by atoms with Gasteiger partial charge in [-0.25, -0.2) is 9.18 Å². The van der Waals surface area contributed by atoms with Crippen molar-refractivity contribution < 1.29 is 14.0 Å². The third-order valence-electron chi connectivity index (χ3n) is 3.75. The van der Waals surface area contributed by atoms with E-state index in [4.69, 9.17) is 0 Å². The molecule has 3 amide bonds. The molecule has 0 heterocycles. The van der Waals surface area contributed by atoms with Gasteiger partial charge in [0.15, 0.2) is 0 Å². The largest absolute Gasteiger partial charge is 0.347 e. The van der Waals surface area contributed by atoms with E-state index in [1.165, 1.54) is 17.0 Å². The molecular weight excluding hydrogens is 321 g/mol. The number of urea groups is 1. The minimum Gasteiger partial charge on any atom is -0.347 e. The predicted molar refractivity (Wildman–Crippen MR) is 94.5 cm³/mol. The van der Waals surface area contributed by atoms with Crippen LogP contribution >= 0.6 is 0 Å². The molecule has 0 aromatic heterocycles. The van der Waals surface area contributed by atoms with Crippen molar-refractivity contribution in [1.29, 1.82) is 0 Å². The molecular formula is C19H22FN3O2. The van der Waals surface area contributed by atoms with Crippen LogP contribution in [0.25, 0.3) is 0 Å². The Hall–Kier alpha value is -2.89. The predicted octanol–water partition coefficient (Wildman–Crippen LogP) is 2.69. The molecule has 0 spiro atoms. The molecule has 0 unspecified atom stereocenters. The standard InChI is InChI=1S/C19H22FN3O2/c1-13(18(24)23(2)3)21-19(25)22-17(14-8-5-4-6-9-14)15-10-7-11-16(20)12-15/h4-13,17H,1-3H3,(H2,21,22,25)/t13-,17-/m1/s1. The Labute approximate surface area is 146 Å². The molecule has 0 radical (unpaired) electrons. The fourth-order valence-electron chi connectivity index (χ4n) is 2.51. The van der Waals surface area contributed by atoms with Gasteiger partial charge in [-0.3, -0.25) is 4.79 Å². The molecule has 2 aromatic rings. The first kappa shape index (κ1) is 18.4. The molecule has 0 aliphatic heterocycles. The lowest BCUT2D eigenvalue weighted by molar-refractivity contribution is -0.130. The maximum atomic E-state index is 13.6. The SMILES string of the molecule is C[C@@H](NC(=O)N[C@H](c1ccccc1)c1cccc(F)c1)C(=O)N(C)C. The molecule has 25 heavy (non-hydrogen) atoms. The van der Waals surface area contributed by atoms with Crippen LogP contribution in [0.5, 0.6) is 0 Å². The molecule has 0 fully saturated rings. The topological polar surface area (TPSA) is 61.4 Å². The van der Waals surface area contributed by atoms with Crippen molar-refractivity contribution in [2.75, 3.05) is 14.1 Å². The van der Waals surface area contributed by atoms with E-state index in [1.54, 1.807) is 33.2 Å². The first-order valence-electron chi connectivity index (χ1n) is 7.97. The summed E-state index contributed by atoms with van der Waals surface area (Å²) in [5.41, 5.74) is 1.43. The van der Waals surface area contributed by atoms with Gasteiger partial charge in [0.1, 0.15) is 11.9 Å². The fraction of sp³-hybridized carbons (Fsp3) is 0.263. The minimum atomic E-state index is -0.668. The van der Waals surface area contributed by atoms with Crippen LogP contribution in [0.4, 0.5) is 9.18 Å². The number of carbonyl (C=O) groups excluding carboxylic acids is 2. The highest BCUT2D eigenvalue weighted by atomic mass is 19.1. The van der Waals surface area contributed by atoms with Crippen LogP contribution in [-0.4, -0.2) is 37.0 Å². The molecule has 5 nitrogen and oxygen atoms in total. The van der Waals surface area contributed by atoms with Crippen molar-refractivity contribution in [2.24, 2.45) is 0 Å². The van der Waals surface area contributed by atoms with Crippen molar-refractivity contribution in [1.82, 2.24) is 15.5 Å². The quantitative estimate of drug-likeness (QED) is 0.877. The zero-order chi connectivity index (χ0) is 18.4. The molecule has 0 aliphatic carbocycles. The average molecular weight is 343 g/mol. The summed E-state index contributed by atoms with van der Waals surface area (Å²) in [5.74, 6) is -0.589. The minimum absolute atomic E-state index is 0.211. The smallest absolute Gasteiger partial charge is 0.316 e. The lowest BCUT2D eigenvalue weighted by Gasteiger charge is -2.23. The Bertz CT molecular complexity index is 734. The summed E-state index contributed by atoms with van der Waals surface area (Å²) in [7, 11) is 3.25. The molecule has 2 atom stereocenters. The fourth-order valence-corrected chi connectivity index (χ4v) is 2.51. The van der Waals surface area contributed by atoms with E-state index in [0.717, 1.165) is 5.56 Å². The highest BCUT2D eigenvalue weighted by Crippen LogP contribution is 2.22. The van der Waals surface area contributed by atoms with Gasteiger partial charge in [-0.05, 0) is 30.2 Å². The van der Waals surface area contributed by atoms with E-state index >= 15 is 0 Å². The number of amides is 3. The van der Waals surface area contributed by atoms with Crippen molar-refractivity contribution >= 4 is 11.9 Å². The van der Waals surface area contributed by atoms with E-state index in [2.05, 4.69) is 10.6 Å². The number of rotatable bonds is 5. The van der Waals surface area contributed by atoms with Gasteiger partial charge in [0.25, 0.3) is 0 Å². The van der Waals surface area contributed by atoms with Gasteiger partial charge < -0.3 is 15.5 Å². The van der Waals surface area contributed by atoms with Crippen LogP contribution in [-0.2, 0) is 4.79 Å². The van der Waals surface area contributed by atoms with Gasteiger partial charge in [-0.15, -0.1) is 0 Å². The van der Waals surface area contributed by atoms with E-state index in [1.807, 2.05) is 30.3 Å². The van der Waals surface area contributed by atoms with Gasteiger partial charge in [0, 0.05) is 14.1 Å². The second-order valence-corrected chi connectivity index (χ2v) is 5.97. The van der Waals surface area contributed by atoms with Crippen LogP contribution in [0.15, 0.2) is 54.6 Å². The number of hydrogen-bond donors (Lipinski definition) is 2. The lowest BCUT2D eigenvalue weighted by Crippen LogP contribution is -2.48.